The number of rotatable bonds is 5. The molecule has 0 saturated carbocycles. The normalized spacial score (nSPS) is 16.9. The molecule has 134 valence electrons. The third-order valence-corrected chi connectivity index (χ3v) is 4.66. The number of nitrogens with one attached hydrogen (secondary N) is 1. The summed E-state index contributed by atoms with van der Waals surface area (Å²) >= 11 is 0. The first kappa shape index (κ1) is 17.7. The zero-order chi connectivity index (χ0) is 17.6. The predicted molar refractivity (Wildman–Crippen MR) is 99.4 cm³/mol. The van der Waals surface area contributed by atoms with E-state index in [0.29, 0.717) is 0 Å². The lowest BCUT2D eigenvalue weighted by Gasteiger charge is -2.31. The lowest BCUT2D eigenvalue weighted by atomic mass is 9.99. The molecule has 0 aliphatic carbocycles. The molecule has 1 fully saturated rings. The molecule has 2 aromatic rings. The Bertz CT molecular complexity index is 697. The topological polar surface area (TPSA) is 46.6 Å². The van der Waals surface area contributed by atoms with Gasteiger partial charge in [0.15, 0.2) is 0 Å². The summed E-state index contributed by atoms with van der Waals surface area (Å²) < 4.78 is 11.1. The minimum atomic E-state index is 0.0462. The van der Waals surface area contributed by atoms with E-state index in [-0.39, 0.29) is 6.04 Å². The van der Waals surface area contributed by atoms with E-state index in [2.05, 4.69) is 28.4 Å². The van der Waals surface area contributed by atoms with Crippen molar-refractivity contribution in [2.75, 3.05) is 40.4 Å². The monoisotopic (exact) mass is 341 g/mol. The van der Waals surface area contributed by atoms with Crippen LogP contribution in [0.4, 0.5) is 0 Å². The fourth-order valence-corrected chi connectivity index (χ4v) is 3.44. The maximum atomic E-state index is 5.67. The van der Waals surface area contributed by atoms with Gasteiger partial charge in [0.2, 0.25) is 0 Å². The summed E-state index contributed by atoms with van der Waals surface area (Å²) in [4.78, 5) is 7.31. The number of nitrogens with zero attached hydrogens (tertiary/aromatic N) is 2. The Kier molecular flexibility index (Phi) is 5.89. The Labute approximate surface area is 150 Å². The number of ether oxygens (including phenoxy) is 2. The Morgan fingerprint density at radius 3 is 2.72 bits per heavy atom. The van der Waals surface area contributed by atoms with E-state index in [1.165, 1.54) is 0 Å². The highest BCUT2D eigenvalue weighted by Gasteiger charge is 2.27. The van der Waals surface area contributed by atoms with Crippen LogP contribution in [0.3, 0.4) is 0 Å². The van der Waals surface area contributed by atoms with Gasteiger partial charge in [-0.15, -0.1) is 0 Å². The van der Waals surface area contributed by atoms with Crippen LogP contribution in [0.1, 0.15) is 29.4 Å². The molecule has 3 rings (SSSR count). The van der Waals surface area contributed by atoms with Crippen molar-refractivity contribution in [2.45, 2.75) is 19.4 Å². The molecule has 1 saturated heterocycles. The largest absolute Gasteiger partial charge is 0.497 e. The maximum Gasteiger partial charge on any atom is 0.124 e. The molecule has 0 spiro atoms. The summed E-state index contributed by atoms with van der Waals surface area (Å²) in [5, 5.41) is 3.48. The second-order valence-electron chi connectivity index (χ2n) is 6.35. The van der Waals surface area contributed by atoms with Crippen LogP contribution in [-0.2, 0) is 0 Å². The van der Waals surface area contributed by atoms with Gasteiger partial charge < -0.3 is 14.8 Å². The first-order valence-corrected chi connectivity index (χ1v) is 8.83. The molecule has 1 aromatic heterocycles. The zero-order valence-corrected chi connectivity index (χ0v) is 15.3. The Morgan fingerprint density at radius 1 is 1.08 bits per heavy atom. The van der Waals surface area contributed by atoms with Crippen molar-refractivity contribution in [2.24, 2.45) is 0 Å². The molecule has 1 aromatic carbocycles. The first-order valence-electron chi connectivity index (χ1n) is 8.83. The maximum absolute atomic E-state index is 5.67. The SMILES string of the molecule is COc1ccc(OC)c(C(c2cccc(C)n2)N2CCCNCC2)c1. The molecule has 25 heavy (non-hydrogen) atoms. The minimum Gasteiger partial charge on any atom is -0.497 e. The fourth-order valence-electron chi connectivity index (χ4n) is 3.44. The molecule has 1 aliphatic heterocycles. The highest BCUT2D eigenvalue weighted by Crippen LogP contribution is 2.36. The highest BCUT2D eigenvalue weighted by molar-refractivity contribution is 5.45. The molecular weight excluding hydrogens is 314 g/mol. The molecule has 0 radical (unpaired) electrons. The quantitative estimate of drug-likeness (QED) is 0.906. The molecule has 1 N–H and O–H groups in total. The molecule has 2 heterocycles. The van der Waals surface area contributed by atoms with Gasteiger partial charge in [-0.2, -0.15) is 0 Å². The molecule has 1 atom stereocenters. The third kappa shape index (κ3) is 4.11. The highest BCUT2D eigenvalue weighted by atomic mass is 16.5. The first-order chi connectivity index (χ1) is 12.2. The summed E-state index contributed by atoms with van der Waals surface area (Å²) in [6.07, 6.45) is 1.12. The fraction of sp³-hybridized carbons (Fsp3) is 0.450. The van der Waals surface area contributed by atoms with E-state index in [9.17, 15) is 0 Å². The molecule has 5 heteroatoms. The molecule has 0 amide bonds. The zero-order valence-electron chi connectivity index (χ0n) is 15.3. The molecule has 5 nitrogen and oxygen atoms in total. The summed E-state index contributed by atoms with van der Waals surface area (Å²) in [5.74, 6) is 1.70. The molecule has 0 bridgehead atoms. The van der Waals surface area contributed by atoms with Crippen molar-refractivity contribution < 1.29 is 9.47 Å². The Hall–Kier alpha value is -2.11. The smallest absolute Gasteiger partial charge is 0.124 e. The number of hydrogen-bond acceptors (Lipinski definition) is 5. The Balaban J connectivity index is 2.10. The molecule has 1 unspecified atom stereocenters. The number of aryl methyl sites for hydroxylation is 1. The number of benzene rings is 1. The number of aromatic nitrogens is 1. The van der Waals surface area contributed by atoms with Gasteiger partial charge in [0.1, 0.15) is 11.5 Å². The van der Waals surface area contributed by atoms with Gasteiger partial charge in [0, 0.05) is 30.9 Å². The number of methoxy groups -OCH3 is 2. The van der Waals surface area contributed by atoms with Gasteiger partial charge in [-0.3, -0.25) is 9.88 Å². The Morgan fingerprint density at radius 2 is 1.96 bits per heavy atom. The van der Waals surface area contributed by atoms with Crippen molar-refractivity contribution in [1.82, 2.24) is 15.2 Å². The van der Waals surface area contributed by atoms with Crippen molar-refractivity contribution in [3.05, 3.63) is 53.3 Å². The van der Waals surface area contributed by atoms with Gasteiger partial charge in [0.05, 0.1) is 26.0 Å². The van der Waals surface area contributed by atoms with E-state index in [0.717, 1.165) is 61.1 Å². The van der Waals surface area contributed by atoms with Crippen molar-refractivity contribution in [3.63, 3.8) is 0 Å². The van der Waals surface area contributed by atoms with Crippen LogP contribution >= 0.6 is 0 Å². The average Bonchev–Trinajstić information content (AvgIpc) is 2.91. The lowest BCUT2D eigenvalue weighted by Crippen LogP contribution is -2.33. The molecule has 1 aliphatic rings. The van der Waals surface area contributed by atoms with Crippen molar-refractivity contribution >= 4 is 0 Å². The van der Waals surface area contributed by atoms with Crippen molar-refractivity contribution in [1.29, 1.82) is 0 Å². The third-order valence-electron chi connectivity index (χ3n) is 4.66. The number of hydrogen-bond donors (Lipinski definition) is 1. The van der Waals surface area contributed by atoms with Crippen LogP contribution in [0.25, 0.3) is 0 Å². The van der Waals surface area contributed by atoms with E-state index in [1.54, 1.807) is 14.2 Å². The van der Waals surface area contributed by atoms with Crippen LogP contribution in [0.2, 0.25) is 0 Å². The van der Waals surface area contributed by atoms with Gasteiger partial charge in [-0.1, -0.05) is 6.07 Å². The van der Waals surface area contributed by atoms with E-state index in [1.807, 2.05) is 25.1 Å². The van der Waals surface area contributed by atoms with Crippen LogP contribution < -0.4 is 14.8 Å². The second-order valence-corrected chi connectivity index (χ2v) is 6.35. The summed E-state index contributed by atoms with van der Waals surface area (Å²) in [5.41, 5.74) is 3.17. The van der Waals surface area contributed by atoms with Gasteiger partial charge in [-0.05, 0) is 50.2 Å². The molecular formula is C20H27N3O2. The average molecular weight is 341 g/mol. The van der Waals surface area contributed by atoms with Crippen LogP contribution in [-0.4, -0.2) is 50.3 Å². The van der Waals surface area contributed by atoms with Crippen LogP contribution in [0, 0.1) is 6.92 Å². The van der Waals surface area contributed by atoms with E-state index >= 15 is 0 Å². The van der Waals surface area contributed by atoms with Crippen molar-refractivity contribution in [3.8, 4) is 11.5 Å². The van der Waals surface area contributed by atoms with Crippen LogP contribution in [0.15, 0.2) is 36.4 Å². The van der Waals surface area contributed by atoms with Gasteiger partial charge >= 0.3 is 0 Å². The number of pyridine rings is 1. The minimum absolute atomic E-state index is 0.0462. The lowest BCUT2D eigenvalue weighted by molar-refractivity contribution is 0.232. The van der Waals surface area contributed by atoms with Gasteiger partial charge in [0.25, 0.3) is 0 Å². The second kappa shape index (κ2) is 8.32. The predicted octanol–water partition coefficient (Wildman–Crippen LogP) is 2.79. The summed E-state index contributed by atoms with van der Waals surface area (Å²) in [6.45, 7) is 6.07. The van der Waals surface area contributed by atoms with Gasteiger partial charge in [-0.25, -0.2) is 0 Å². The van der Waals surface area contributed by atoms with E-state index < -0.39 is 0 Å². The van der Waals surface area contributed by atoms with E-state index in [4.69, 9.17) is 14.5 Å². The summed E-state index contributed by atoms with van der Waals surface area (Å²) in [7, 11) is 3.41. The van der Waals surface area contributed by atoms with Crippen LogP contribution in [0.5, 0.6) is 11.5 Å². The summed E-state index contributed by atoms with van der Waals surface area (Å²) in [6, 6.07) is 12.3. The standard InChI is InChI=1S/C20H27N3O2/c1-15-6-4-7-18(22-15)20(23-12-5-10-21-11-13-23)17-14-16(24-2)8-9-19(17)25-3/h4,6-9,14,20-21H,5,10-13H2,1-3H3.